The molecule has 4 unspecified atom stereocenters. The maximum atomic E-state index is 12.8. The standard InChI is InChI=1S/C21H42N4O4/c1-10-15(6)20(16(29-9)11-17(26)24-14(4)5)25(8)18(27)12-23-21(28)19(22-7)13(2)3/h13-16,19-20,22H,10-12H2,1-9H3,(H,23,28)(H,24,26). The fourth-order valence-electron chi connectivity index (χ4n) is 3.48. The Morgan fingerprint density at radius 3 is 2.07 bits per heavy atom. The summed E-state index contributed by atoms with van der Waals surface area (Å²) in [5, 5.41) is 8.56. The summed E-state index contributed by atoms with van der Waals surface area (Å²) in [5.41, 5.74) is 0. The molecular formula is C21H42N4O4. The fraction of sp³-hybridized carbons (Fsp3) is 0.857. The van der Waals surface area contributed by atoms with Gasteiger partial charge in [-0.2, -0.15) is 0 Å². The molecule has 0 saturated heterocycles. The molecule has 8 heteroatoms. The van der Waals surface area contributed by atoms with E-state index in [-0.39, 0.29) is 60.6 Å². The van der Waals surface area contributed by atoms with E-state index >= 15 is 0 Å². The van der Waals surface area contributed by atoms with Crippen LogP contribution in [-0.4, -0.2) is 74.6 Å². The topological polar surface area (TPSA) is 99.8 Å². The number of nitrogens with zero attached hydrogens (tertiary/aromatic N) is 1. The van der Waals surface area contributed by atoms with Crippen molar-refractivity contribution in [3.63, 3.8) is 0 Å². The van der Waals surface area contributed by atoms with Gasteiger partial charge in [0.25, 0.3) is 0 Å². The van der Waals surface area contributed by atoms with E-state index in [0.717, 1.165) is 6.42 Å². The highest BCUT2D eigenvalue weighted by Crippen LogP contribution is 2.21. The average Bonchev–Trinajstić information content (AvgIpc) is 2.64. The molecule has 0 aliphatic carbocycles. The van der Waals surface area contributed by atoms with Crippen molar-refractivity contribution in [2.45, 2.75) is 78.6 Å². The normalized spacial score (nSPS) is 15.6. The molecule has 0 aliphatic heterocycles. The molecule has 0 fully saturated rings. The Kier molecular flexibility index (Phi) is 12.8. The molecule has 0 saturated carbocycles. The third-order valence-electron chi connectivity index (χ3n) is 5.26. The van der Waals surface area contributed by atoms with Crippen LogP contribution < -0.4 is 16.0 Å². The van der Waals surface area contributed by atoms with E-state index in [2.05, 4.69) is 16.0 Å². The molecular weight excluding hydrogens is 372 g/mol. The van der Waals surface area contributed by atoms with Crippen molar-refractivity contribution in [1.29, 1.82) is 0 Å². The van der Waals surface area contributed by atoms with E-state index < -0.39 is 6.10 Å². The van der Waals surface area contributed by atoms with E-state index in [1.54, 1.807) is 26.1 Å². The van der Waals surface area contributed by atoms with E-state index in [9.17, 15) is 14.4 Å². The lowest BCUT2D eigenvalue weighted by Crippen LogP contribution is -2.54. The van der Waals surface area contributed by atoms with Crippen LogP contribution in [0.4, 0.5) is 0 Å². The second-order valence-electron chi connectivity index (χ2n) is 8.31. The van der Waals surface area contributed by atoms with Crippen LogP contribution in [0, 0.1) is 11.8 Å². The van der Waals surface area contributed by atoms with Crippen LogP contribution in [0.25, 0.3) is 0 Å². The zero-order chi connectivity index (χ0) is 22.7. The smallest absolute Gasteiger partial charge is 0.242 e. The van der Waals surface area contributed by atoms with Gasteiger partial charge in [0.2, 0.25) is 17.7 Å². The third-order valence-corrected chi connectivity index (χ3v) is 5.26. The average molecular weight is 415 g/mol. The first-order valence-electron chi connectivity index (χ1n) is 10.5. The van der Waals surface area contributed by atoms with Crippen molar-refractivity contribution >= 4 is 17.7 Å². The van der Waals surface area contributed by atoms with Crippen LogP contribution in [0.1, 0.15) is 54.4 Å². The third kappa shape index (κ3) is 9.12. The molecule has 170 valence electrons. The highest BCUT2D eigenvalue weighted by atomic mass is 16.5. The van der Waals surface area contributed by atoms with E-state index in [0.29, 0.717) is 0 Å². The van der Waals surface area contributed by atoms with Gasteiger partial charge in [0.15, 0.2) is 0 Å². The molecule has 0 rings (SSSR count). The van der Waals surface area contributed by atoms with Gasteiger partial charge < -0.3 is 25.6 Å². The van der Waals surface area contributed by atoms with Gasteiger partial charge in [0, 0.05) is 20.2 Å². The Labute approximate surface area is 176 Å². The Morgan fingerprint density at radius 2 is 1.66 bits per heavy atom. The predicted octanol–water partition coefficient (Wildman–Crippen LogP) is 1.15. The van der Waals surface area contributed by atoms with Gasteiger partial charge in [-0.3, -0.25) is 14.4 Å². The van der Waals surface area contributed by atoms with Gasteiger partial charge in [-0.05, 0) is 32.7 Å². The van der Waals surface area contributed by atoms with Crippen molar-refractivity contribution in [1.82, 2.24) is 20.9 Å². The number of hydrogen-bond acceptors (Lipinski definition) is 5. The highest BCUT2D eigenvalue weighted by molar-refractivity contribution is 5.87. The molecule has 0 aromatic heterocycles. The monoisotopic (exact) mass is 414 g/mol. The number of nitrogens with one attached hydrogen (secondary N) is 3. The van der Waals surface area contributed by atoms with Gasteiger partial charge in [-0.15, -0.1) is 0 Å². The molecule has 4 atom stereocenters. The summed E-state index contributed by atoms with van der Waals surface area (Å²) in [6, 6.07) is -0.597. The maximum absolute atomic E-state index is 12.8. The quantitative estimate of drug-likeness (QED) is 0.420. The molecule has 0 aromatic carbocycles. The largest absolute Gasteiger partial charge is 0.379 e. The molecule has 3 N–H and O–H groups in total. The number of methoxy groups -OCH3 is 1. The zero-order valence-electron chi connectivity index (χ0n) is 19.7. The summed E-state index contributed by atoms with van der Waals surface area (Å²) in [4.78, 5) is 39.0. The number of carbonyl (C=O) groups excluding carboxylic acids is 3. The number of hydrogen-bond donors (Lipinski definition) is 3. The summed E-state index contributed by atoms with van der Waals surface area (Å²) >= 11 is 0. The number of amides is 3. The molecule has 3 amide bonds. The van der Waals surface area contributed by atoms with Crippen LogP contribution in [0.5, 0.6) is 0 Å². The predicted molar refractivity (Wildman–Crippen MR) is 115 cm³/mol. The summed E-state index contributed by atoms with van der Waals surface area (Å²) < 4.78 is 5.62. The second kappa shape index (κ2) is 13.5. The summed E-state index contributed by atoms with van der Waals surface area (Å²) in [6.45, 7) is 11.7. The minimum absolute atomic E-state index is 0.0395. The minimum Gasteiger partial charge on any atom is -0.379 e. The van der Waals surface area contributed by atoms with E-state index in [4.69, 9.17) is 4.74 Å². The second-order valence-corrected chi connectivity index (χ2v) is 8.31. The van der Waals surface area contributed by atoms with Crippen molar-refractivity contribution in [3.05, 3.63) is 0 Å². The lowest BCUT2D eigenvalue weighted by molar-refractivity contribution is -0.139. The van der Waals surface area contributed by atoms with E-state index in [1.807, 2.05) is 41.5 Å². The van der Waals surface area contributed by atoms with Crippen LogP contribution in [0.3, 0.4) is 0 Å². The van der Waals surface area contributed by atoms with Gasteiger partial charge in [-0.25, -0.2) is 0 Å². The Bertz CT molecular complexity index is 525. The first-order valence-corrected chi connectivity index (χ1v) is 10.5. The molecule has 8 nitrogen and oxygen atoms in total. The lowest BCUT2D eigenvalue weighted by atomic mass is 9.91. The summed E-state index contributed by atoms with van der Waals surface area (Å²) in [7, 11) is 4.99. The van der Waals surface area contributed by atoms with Crippen molar-refractivity contribution < 1.29 is 19.1 Å². The van der Waals surface area contributed by atoms with Crippen molar-refractivity contribution in [3.8, 4) is 0 Å². The Hall–Kier alpha value is -1.67. The molecule has 0 spiro atoms. The Balaban J connectivity index is 5.21. The van der Waals surface area contributed by atoms with Crippen LogP contribution in [0.15, 0.2) is 0 Å². The van der Waals surface area contributed by atoms with Gasteiger partial charge in [-0.1, -0.05) is 34.1 Å². The molecule has 29 heavy (non-hydrogen) atoms. The lowest BCUT2D eigenvalue weighted by Gasteiger charge is -2.37. The molecule has 0 radical (unpaired) electrons. The minimum atomic E-state index is -0.436. The maximum Gasteiger partial charge on any atom is 0.242 e. The first kappa shape index (κ1) is 27.3. The molecule has 0 aromatic rings. The molecule has 0 heterocycles. The van der Waals surface area contributed by atoms with Crippen LogP contribution in [-0.2, 0) is 19.1 Å². The number of likely N-dealkylation sites (N-methyl/N-ethyl adjacent to an activating group) is 2. The molecule has 0 aliphatic rings. The van der Waals surface area contributed by atoms with Crippen LogP contribution in [0.2, 0.25) is 0 Å². The van der Waals surface area contributed by atoms with Gasteiger partial charge in [0.1, 0.15) is 0 Å². The van der Waals surface area contributed by atoms with E-state index in [1.165, 1.54) is 0 Å². The number of carbonyl (C=O) groups is 3. The summed E-state index contributed by atoms with van der Waals surface area (Å²) in [6.07, 6.45) is 0.562. The van der Waals surface area contributed by atoms with Gasteiger partial charge >= 0.3 is 0 Å². The fourth-order valence-corrected chi connectivity index (χ4v) is 3.48. The number of rotatable bonds is 13. The highest BCUT2D eigenvalue weighted by Gasteiger charge is 2.34. The van der Waals surface area contributed by atoms with Crippen LogP contribution >= 0.6 is 0 Å². The number of ether oxygens (including phenoxy) is 1. The van der Waals surface area contributed by atoms with Crippen molar-refractivity contribution in [2.75, 3.05) is 27.7 Å². The van der Waals surface area contributed by atoms with Gasteiger partial charge in [0.05, 0.1) is 31.2 Å². The zero-order valence-corrected chi connectivity index (χ0v) is 19.7. The molecule has 0 bridgehead atoms. The van der Waals surface area contributed by atoms with Crippen molar-refractivity contribution in [2.24, 2.45) is 11.8 Å². The Morgan fingerprint density at radius 1 is 1.07 bits per heavy atom. The summed E-state index contributed by atoms with van der Waals surface area (Å²) in [5.74, 6) is -0.296. The first-order chi connectivity index (χ1) is 13.5. The SMILES string of the molecule is CCC(C)C(C(CC(=O)NC(C)C)OC)N(C)C(=O)CNC(=O)C(NC)C(C)C.